The maximum Gasteiger partial charge on any atom is 0.316 e. The first-order chi connectivity index (χ1) is 11.4. The summed E-state index contributed by atoms with van der Waals surface area (Å²) in [6, 6.07) is 3.19. The zero-order valence-electron chi connectivity index (χ0n) is 13.1. The molecule has 0 aromatic heterocycles. The lowest BCUT2D eigenvalue weighted by Gasteiger charge is -2.36. The second-order valence-corrected chi connectivity index (χ2v) is 6.36. The summed E-state index contributed by atoms with van der Waals surface area (Å²) in [5.41, 5.74) is 0.844. The van der Waals surface area contributed by atoms with E-state index < -0.39 is 41.1 Å². The van der Waals surface area contributed by atoms with Gasteiger partial charge in [-0.3, -0.25) is 19.2 Å². The van der Waals surface area contributed by atoms with Crippen LogP contribution in [0.1, 0.15) is 22.3 Å². The largest absolute Gasteiger partial charge is 0.496 e. The Morgan fingerprint density at radius 3 is 2.46 bits per heavy atom. The van der Waals surface area contributed by atoms with Gasteiger partial charge in [0.25, 0.3) is 0 Å². The molecule has 6 nitrogen and oxygen atoms in total. The van der Waals surface area contributed by atoms with Crippen molar-refractivity contribution in [3.63, 3.8) is 0 Å². The molecule has 2 aliphatic carbocycles. The summed E-state index contributed by atoms with van der Waals surface area (Å²) in [4.78, 5) is 49.3. The molecule has 0 saturated heterocycles. The number of methoxy groups -OCH3 is 2. The minimum atomic E-state index is -1.15. The Morgan fingerprint density at radius 1 is 1.12 bits per heavy atom. The van der Waals surface area contributed by atoms with Gasteiger partial charge in [-0.05, 0) is 36.5 Å². The minimum Gasteiger partial charge on any atom is -0.496 e. The van der Waals surface area contributed by atoms with Crippen LogP contribution in [0.3, 0.4) is 0 Å². The van der Waals surface area contributed by atoms with Crippen molar-refractivity contribution in [1.29, 1.82) is 0 Å². The number of hydrogen-bond acceptors (Lipinski definition) is 6. The summed E-state index contributed by atoms with van der Waals surface area (Å²) in [7, 11) is 2.58. The maximum absolute atomic E-state index is 12.9. The molecule has 0 spiro atoms. The SMILES string of the molecule is COC(=O)[C@@H]1C[C@H]2Cc3c(Cl)ccc(OC)c3C(=O)[C@@H]2C(=O)C1=O. The number of fused-ring (bicyclic) bond motifs is 2. The highest BCUT2D eigenvalue weighted by molar-refractivity contribution is 6.46. The Kier molecular flexibility index (Phi) is 4.17. The smallest absolute Gasteiger partial charge is 0.316 e. The molecule has 7 heteroatoms. The first kappa shape index (κ1) is 16.6. The number of Topliss-reactive ketones (excluding diaryl/α,β-unsaturated/α-hetero) is 3. The number of ether oxygens (including phenoxy) is 2. The molecule has 0 aliphatic heterocycles. The fraction of sp³-hybridized carbons (Fsp3) is 0.412. The average molecular weight is 351 g/mol. The number of benzene rings is 1. The van der Waals surface area contributed by atoms with Crippen molar-refractivity contribution >= 4 is 34.9 Å². The van der Waals surface area contributed by atoms with Crippen LogP contribution in [0.15, 0.2) is 12.1 Å². The van der Waals surface area contributed by atoms with E-state index in [4.69, 9.17) is 16.3 Å². The van der Waals surface area contributed by atoms with Crippen molar-refractivity contribution in [1.82, 2.24) is 0 Å². The number of hydrogen-bond donors (Lipinski definition) is 0. The molecule has 0 bridgehead atoms. The lowest BCUT2D eigenvalue weighted by Crippen LogP contribution is -2.50. The zero-order valence-corrected chi connectivity index (χ0v) is 13.9. The van der Waals surface area contributed by atoms with E-state index in [9.17, 15) is 19.2 Å². The molecule has 0 amide bonds. The van der Waals surface area contributed by atoms with E-state index >= 15 is 0 Å². The molecular formula is C17H15ClO6. The van der Waals surface area contributed by atoms with E-state index in [1.54, 1.807) is 12.1 Å². The molecule has 1 aromatic rings. The predicted octanol–water partition coefficient (Wildman–Crippen LogP) is 1.65. The molecule has 2 aliphatic rings. The van der Waals surface area contributed by atoms with Crippen LogP contribution in [-0.2, 0) is 25.5 Å². The van der Waals surface area contributed by atoms with Gasteiger partial charge in [-0.25, -0.2) is 0 Å². The number of esters is 1. The first-order valence-electron chi connectivity index (χ1n) is 7.46. The van der Waals surface area contributed by atoms with Crippen LogP contribution in [-0.4, -0.2) is 37.5 Å². The highest BCUT2D eigenvalue weighted by atomic mass is 35.5. The van der Waals surface area contributed by atoms with Crippen LogP contribution < -0.4 is 4.74 Å². The Labute approximate surface area is 143 Å². The highest BCUT2D eigenvalue weighted by Gasteiger charge is 2.52. The van der Waals surface area contributed by atoms with Gasteiger partial charge in [-0.1, -0.05) is 11.6 Å². The molecule has 1 saturated carbocycles. The Bertz CT molecular complexity index is 769. The third-order valence-corrected chi connectivity index (χ3v) is 5.12. The Balaban J connectivity index is 2.08. The third kappa shape index (κ3) is 2.33. The molecule has 0 unspecified atom stereocenters. The predicted molar refractivity (Wildman–Crippen MR) is 83.2 cm³/mol. The summed E-state index contributed by atoms with van der Waals surface area (Å²) in [5.74, 6) is -5.28. The second kappa shape index (κ2) is 6.02. The molecule has 24 heavy (non-hydrogen) atoms. The van der Waals surface area contributed by atoms with Crippen LogP contribution in [0.5, 0.6) is 5.75 Å². The molecule has 1 aromatic carbocycles. The maximum atomic E-state index is 12.9. The molecule has 126 valence electrons. The van der Waals surface area contributed by atoms with E-state index in [1.807, 2.05) is 0 Å². The van der Waals surface area contributed by atoms with Gasteiger partial charge in [0.1, 0.15) is 11.7 Å². The Morgan fingerprint density at radius 2 is 1.83 bits per heavy atom. The molecule has 0 N–H and O–H groups in total. The quantitative estimate of drug-likeness (QED) is 0.458. The van der Waals surface area contributed by atoms with Gasteiger partial charge in [-0.15, -0.1) is 0 Å². The molecule has 0 heterocycles. The lowest BCUT2D eigenvalue weighted by molar-refractivity contribution is -0.157. The van der Waals surface area contributed by atoms with Crippen molar-refractivity contribution in [3.8, 4) is 5.75 Å². The van der Waals surface area contributed by atoms with Gasteiger partial charge >= 0.3 is 5.97 Å². The molecule has 1 fully saturated rings. The third-order valence-electron chi connectivity index (χ3n) is 4.77. The van der Waals surface area contributed by atoms with Gasteiger partial charge in [0, 0.05) is 5.02 Å². The molecule has 0 radical (unpaired) electrons. The van der Waals surface area contributed by atoms with Crippen molar-refractivity contribution < 1.29 is 28.7 Å². The van der Waals surface area contributed by atoms with Crippen molar-refractivity contribution in [3.05, 3.63) is 28.3 Å². The normalized spacial score (nSPS) is 25.8. The minimum absolute atomic E-state index is 0.0978. The number of ketones is 3. The van der Waals surface area contributed by atoms with Crippen molar-refractivity contribution in [2.24, 2.45) is 17.8 Å². The van der Waals surface area contributed by atoms with Crippen LogP contribution in [0.25, 0.3) is 0 Å². The van der Waals surface area contributed by atoms with Gasteiger partial charge < -0.3 is 9.47 Å². The van der Waals surface area contributed by atoms with Crippen LogP contribution in [0.4, 0.5) is 0 Å². The van der Waals surface area contributed by atoms with Crippen molar-refractivity contribution in [2.75, 3.05) is 14.2 Å². The van der Waals surface area contributed by atoms with E-state index in [2.05, 4.69) is 4.74 Å². The summed E-state index contributed by atoms with van der Waals surface area (Å²) < 4.78 is 9.81. The fourth-order valence-corrected chi connectivity index (χ4v) is 3.86. The van der Waals surface area contributed by atoms with E-state index in [0.717, 1.165) is 7.11 Å². The summed E-state index contributed by atoms with van der Waals surface area (Å²) in [5, 5.41) is 0.400. The van der Waals surface area contributed by atoms with Crippen LogP contribution >= 0.6 is 11.6 Å². The van der Waals surface area contributed by atoms with Gasteiger partial charge in [0.15, 0.2) is 5.78 Å². The van der Waals surface area contributed by atoms with Gasteiger partial charge in [-0.2, -0.15) is 0 Å². The van der Waals surface area contributed by atoms with Gasteiger partial charge in [0.05, 0.1) is 25.7 Å². The highest BCUT2D eigenvalue weighted by Crippen LogP contribution is 2.44. The number of carbonyl (C=O) groups is 4. The fourth-order valence-electron chi connectivity index (χ4n) is 3.62. The zero-order chi connectivity index (χ0) is 17.6. The van der Waals surface area contributed by atoms with Gasteiger partial charge in [0.2, 0.25) is 11.6 Å². The van der Waals surface area contributed by atoms with E-state index in [1.165, 1.54) is 7.11 Å². The van der Waals surface area contributed by atoms with Crippen molar-refractivity contribution in [2.45, 2.75) is 12.8 Å². The summed E-state index contributed by atoms with van der Waals surface area (Å²) in [6.07, 6.45) is 0.426. The average Bonchev–Trinajstić information content (AvgIpc) is 2.58. The number of rotatable bonds is 2. The van der Waals surface area contributed by atoms with Crippen LogP contribution in [0, 0.1) is 17.8 Å². The summed E-state index contributed by atoms with van der Waals surface area (Å²) in [6.45, 7) is 0. The standard InChI is InChI=1S/C17H15ClO6/c1-23-11-4-3-10(18)8-5-7-6-9(17(22)24-2)14(19)16(21)12(7)15(20)13(8)11/h3-4,7,9,12H,5-6H2,1-2H3/t7-,9-,12-/m1/s1. The molecule has 3 atom stereocenters. The van der Waals surface area contributed by atoms with E-state index in [0.29, 0.717) is 22.8 Å². The van der Waals surface area contributed by atoms with Crippen LogP contribution in [0.2, 0.25) is 5.02 Å². The summed E-state index contributed by atoms with van der Waals surface area (Å²) >= 11 is 6.21. The topological polar surface area (TPSA) is 86.7 Å². The lowest BCUT2D eigenvalue weighted by atomic mass is 9.64. The van der Waals surface area contributed by atoms with E-state index in [-0.39, 0.29) is 12.0 Å². The number of carbonyl (C=O) groups excluding carboxylic acids is 4. The second-order valence-electron chi connectivity index (χ2n) is 5.95. The Hall–Kier alpha value is -2.21. The first-order valence-corrected chi connectivity index (χ1v) is 7.84. The monoisotopic (exact) mass is 350 g/mol. The number of halogens is 1. The molecule has 3 rings (SSSR count). The molecular weight excluding hydrogens is 336 g/mol.